The lowest BCUT2D eigenvalue weighted by Crippen LogP contribution is -2.51. The van der Waals surface area contributed by atoms with Crippen molar-refractivity contribution in [3.05, 3.63) is 30.1 Å². The van der Waals surface area contributed by atoms with Gasteiger partial charge in [0.25, 0.3) is 0 Å². The van der Waals surface area contributed by atoms with Gasteiger partial charge in [0.15, 0.2) is 0 Å². The summed E-state index contributed by atoms with van der Waals surface area (Å²) >= 11 is 0. The highest BCUT2D eigenvalue weighted by molar-refractivity contribution is 5.78. The van der Waals surface area contributed by atoms with Crippen LogP contribution in [0.1, 0.15) is 19.4 Å². The number of rotatable bonds is 4. The van der Waals surface area contributed by atoms with Crippen LogP contribution in [0.5, 0.6) is 0 Å². The molecule has 0 spiro atoms. The van der Waals surface area contributed by atoms with E-state index < -0.39 is 0 Å². The molecule has 122 valence electrons. The number of hydrogen-bond donors (Lipinski definition) is 0. The molecular weight excluding hydrogens is 290 g/mol. The summed E-state index contributed by atoms with van der Waals surface area (Å²) in [5.74, 6) is 0.631. The highest BCUT2D eigenvalue weighted by Gasteiger charge is 2.27. The predicted octanol–water partition coefficient (Wildman–Crippen LogP) is 1.96. The van der Waals surface area contributed by atoms with Gasteiger partial charge in [-0.25, -0.2) is 4.52 Å². The zero-order valence-electron chi connectivity index (χ0n) is 13.9. The van der Waals surface area contributed by atoms with Gasteiger partial charge in [-0.15, -0.1) is 0 Å². The Labute approximate surface area is 136 Å². The van der Waals surface area contributed by atoms with E-state index in [1.54, 1.807) is 10.7 Å². The second kappa shape index (κ2) is 6.57. The van der Waals surface area contributed by atoms with Crippen molar-refractivity contribution in [2.75, 3.05) is 38.2 Å². The first-order valence-corrected chi connectivity index (χ1v) is 8.03. The van der Waals surface area contributed by atoms with Crippen molar-refractivity contribution in [2.45, 2.75) is 20.1 Å². The van der Waals surface area contributed by atoms with Crippen molar-refractivity contribution in [1.29, 1.82) is 5.26 Å². The Balaban J connectivity index is 1.89. The van der Waals surface area contributed by atoms with Crippen molar-refractivity contribution >= 4 is 11.2 Å². The van der Waals surface area contributed by atoms with Crippen molar-refractivity contribution in [2.24, 2.45) is 5.92 Å². The number of morpholine rings is 1. The van der Waals surface area contributed by atoms with Crippen LogP contribution in [0.15, 0.2) is 24.5 Å². The molecule has 0 amide bonds. The molecule has 3 heterocycles. The van der Waals surface area contributed by atoms with E-state index in [9.17, 15) is 5.26 Å². The van der Waals surface area contributed by atoms with Crippen LogP contribution in [0.4, 0.5) is 5.69 Å². The van der Waals surface area contributed by atoms with Gasteiger partial charge in [-0.05, 0) is 18.1 Å². The standard InChI is InChI=1S/C17H23N5O/c1-13(2)11-21-7-8-23-16(12-21)20(3)17-14(9-18)10-19-22-6-4-5-15(17)22/h4-6,10,13,16H,7-8,11-12H2,1-3H3. The van der Waals surface area contributed by atoms with E-state index in [2.05, 4.69) is 34.8 Å². The van der Waals surface area contributed by atoms with Crippen molar-refractivity contribution < 1.29 is 4.74 Å². The Kier molecular flexibility index (Phi) is 4.51. The van der Waals surface area contributed by atoms with E-state index in [-0.39, 0.29) is 6.23 Å². The van der Waals surface area contributed by atoms with Crippen LogP contribution in [-0.2, 0) is 4.74 Å². The molecule has 2 aromatic rings. The van der Waals surface area contributed by atoms with Gasteiger partial charge in [-0.2, -0.15) is 10.4 Å². The Bertz CT molecular complexity index is 717. The molecule has 0 aromatic carbocycles. The lowest BCUT2D eigenvalue weighted by molar-refractivity contribution is -0.0301. The van der Waals surface area contributed by atoms with Gasteiger partial charge in [0.05, 0.1) is 29.6 Å². The van der Waals surface area contributed by atoms with Crippen LogP contribution < -0.4 is 4.90 Å². The first-order valence-electron chi connectivity index (χ1n) is 8.03. The summed E-state index contributed by atoms with van der Waals surface area (Å²) in [6.45, 7) is 8.05. The van der Waals surface area contributed by atoms with Crippen LogP contribution in [0.25, 0.3) is 5.52 Å². The number of aromatic nitrogens is 2. The van der Waals surface area contributed by atoms with Crippen LogP contribution in [0, 0.1) is 17.2 Å². The van der Waals surface area contributed by atoms with E-state index in [1.807, 2.05) is 25.4 Å². The summed E-state index contributed by atoms with van der Waals surface area (Å²) in [6, 6.07) is 6.17. The summed E-state index contributed by atoms with van der Waals surface area (Å²) in [4.78, 5) is 4.50. The third-order valence-corrected chi connectivity index (χ3v) is 4.20. The highest BCUT2D eigenvalue weighted by atomic mass is 16.5. The van der Waals surface area contributed by atoms with E-state index >= 15 is 0 Å². The normalized spacial score (nSPS) is 19.2. The minimum atomic E-state index is -0.0595. The third-order valence-electron chi connectivity index (χ3n) is 4.20. The van der Waals surface area contributed by atoms with E-state index in [1.165, 1.54) is 0 Å². The maximum atomic E-state index is 9.46. The first-order chi connectivity index (χ1) is 11.1. The summed E-state index contributed by atoms with van der Waals surface area (Å²) in [6.07, 6.45) is 3.45. The molecule has 1 saturated heterocycles. The smallest absolute Gasteiger partial charge is 0.142 e. The minimum absolute atomic E-state index is 0.0595. The molecule has 0 N–H and O–H groups in total. The third kappa shape index (κ3) is 3.16. The molecule has 3 rings (SSSR count). The van der Waals surface area contributed by atoms with Gasteiger partial charge >= 0.3 is 0 Å². The Hall–Kier alpha value is -2.10. The summed E-state index contributed by atoms with van der Waals surface area (Å²) in [7, 11) is 1.99. The highest BCUT2D eigenvalue weighted by Crippen LogP contribution is 2.27. The van der Waals surface area contributed by atoms with E-state index in [0.29, 0.717) is 18.1 Å². The predicted molar refractivity (Wildman–Crippen MR) is 89.3 cm³/mol. The molecule has 6 heteroatoms. The van der Waals surface area contributed by atoms with Gasteiger partial charge in [-0.1, -0.05) is 13.8 Å². The SMILES string of the molecule is CC(C)CN1CCOC(N(C)c2c(C#N)cnn3cccc23)C1. The number of hydrogen-bond acceptors (Lipinski definition) is 5. The topological polar surface area (TPSA) is 56.8 Å². The fourth-order valence-corrected chi connectivity index (χ4v) is 3.18. The number of nitrogens with zero attached hydrogens (tertiary/aromatic N) is 5. The average molecular weight is 313 g/mol. The van der Waals surface area contributed by atoms with Gasteiger partial charge in [0.1, 0.15) is 12.3 Å². The molecule has 1 aliphatic heterocycles. The number of nitriles is 1. The number of ether oxygens (including phenoxy) is 1. The van der Waals surface area contributed by atoms with E-state index in [0.717, 1.165) is 30.8 Å². The zero-order valence-corrected chi connectivity index (χ0v) is 13.9. The van der Waals surface area contributed by atoms with Crippen LogP contribution in [0.2, 0.25) is 0 Å². The van der Waals surface area contributed by atoms with Gasteiger partial charge < -0.3 is 9.64 Å². The Morgan fingerprint density at radius 1 is 1.52 bits per heavy atom. The second-order valence-electron chi connectivity index (χ2n) is 6.45. The summed E-state index contributed by atoms with van der Waals surface area (Å²) in [5.41, 5.74) is 2.38. The fraction of sp³-hybridized carbons (Fsp3) is 0.529. The van der Waals surface area contributed by atoms with Gasteiger partial charge in [0, 0.05) is 32.9 Å². The summed E-state index contributed by atoms with van der Waals surface area (Å²) < 4.78 is 7.77. The molecule has 1 atom stereocenters. The lowest BCUT2D eigenvalue weighted by atomic mass is 10.2. The van der Waals surface area contributed by atoms with Gasteiger partial charge in [-0.3, -0.25) is 4.90 Å². The molecule has 1 fully saturated rings. The number of anilines is 1. The summed E-state index contributed by atoms with van der Waals surface area (Å²) in [5, 5.41) is 13.7. The molecule has 6 nitrogen and oxygen atoms in total. The maximum absolute atomic E-state index is 9.46. The number of likely N-dealkylation sites (N-methyl/N-ethyl adjacent to an activating group) is 1. The molecule has 0 aliphatic carbocycles. The van der Waals surface area contributed by atoms with Crippen molar-refractivity contribution in [3.8, 4) is 6.07 Å². The zero-order chi connectivity index (χ0) is 16.4. The van der Waals surface area contributed by atoms with Gasteiger partial charge in [0.2, 0.25) is 0 Å². The second-order valence-corrected chi connectivity index (χ2v) is 6.45. The molecule has 23 heavy (non-hydrogen) atoms. The molecule has 1 unspecified atom stereocenters. The quantitative estimate of drug-likeness (QED) is 0.863. The van der Waals surface area contributed by atoms with E-state index in [4.69, 9.17) is 4.74 Å². The fourth-order valence-electron chi connectivity index (χ4n) is 3.18. The largest absolute Gasteiger partial charge is 0.356 e. The number of fused-ring (bicyclic) bond motifs is 1. The monoisotopic (exact) mass is 313 g/mol. The molecular formula is C17H23N5O. The minimum Gasteiger partial charge on any atom is -0.356 e. The Morgan fingerprint density at radius 2 is 2.35 bits per heavy atom. The molecule has 0 saturated carbocycles. The first kappa shape index (κ1) is 15.8. The lowest BCUT2D eigenvalue weighted by Gasteiger charge is -2.39. The van der Waals surface area contributed by atoms with Crippen molar-refractivity contribution in [3.63, 3.8) is 0 Å². The van der Waals surface area contributed by atoms with Crippen LogP contribution >= 0.6 is 0 Å². The van der Waals surface area contributed by atoms with Crippen LogP contribution in [-0.4, -0.2) is 54.0 Å². The van der Waals surface area contributed by atoms with Crippen molar-refractivity contribution in [1.82, 2.24) is 14.5 Å². The molecule has 2 aromatic heterocycles. The molecule has 0 bridgehead atoms. The Morgan fingerprint density at radius 3 is 3.09 bits per heavy atom. The molecule has 1 aliphatic rings. The maximum Gasteiger partial charge on any atom is 0.142 e. The van der Waals surface area contributed by atoms with Crippen LogP contribution in [0.3, 0.4) is 0 Å². The molecule has 0 radical (unpaired) electrons. The average Bonchev–Trinajstić information content (AvgIpc) is 3.01.